The largest absolute Gasteiger partial charge is 0.231 e. The van der Waals surface area contributed by atoms with Crippen LogP contribution in [0.15, 0.2) is 0 Å². The zero-order valence-corrected chi connectivity index (χ0v) is 21.1. The molecule has 4 heteroatoms. The molecule has 0 aromatic heterocycles. The topological polar surface area (TPSA) is 36.9 Å². The Bertz CT molecular complexity index is 395. The molecule has 4 nitrogen and oxygen atoms in total. The average Bonchev–Trinajstić information content (AvgIpc) is 2.44. The van der Waals surface area contributed by atoms with Crippen molar-refractivity contribution in [3.8, 4) is 0 Å². The van der Waals surface area contributed by atoms with Crippen LogP contribution in [-0.2, 0) is 19.6 Å². The monoisotopic (exact) mass is 402 g/mol. The van der Waals surface area contributed by atoms with Gasteiger partial charge in [0.15, 0.2) is 0 Å². The Kier molecular flexibility index (Phi) is 10.7. The molecule has 0 aromatic rings. The molecule has 0 spiro atoms. The predicted octanol–water partition coefficient (Wildman–Crippen LogP) is 8.00. The van der Waals surface area contributed by atoms with E-state index in [1.807, 2.05) is 6.92 Å². The van der Waals surface area contributed by atoms with E-state index in [1.165, 1.54) is 12.8 Å². The molecule has 170 valence electrons. The lowest BCUT2D eigenvalue weighted by Gasteiger charge is -2.37. The van der Waals surface area contributed by atoms with Gasteiger partial charge in [-0.05, 0) is 64.7 Å². The Labute approximate surface area is 175 Å². The van der Waals surface area contributed by atoms with Gasteiger partial charge in [-0.25, -0.2) is 9.78 Å². The highest BCUT2D eigenvalue weighted by atomic mass is 17.3. The van der Waals surface area contributed by atoms with Crippen molar-refractivity contribution in [2.75, 3.05) is 0 Å². The lowest BCUT2D eigenvalue weighted by atomic mass is 9.84. The summed E-state index contributed by atoms with van der Waals surface area (Å²) < 4.78 is 0. The van der Waals surface area contributed by atoms with Crippen molar-refractivity contribution in [1.82, 2.24) is 0 Å². The lowest BCUT2D eigenvalue weighted by Crippen LogP contribution is -2.41. The summed E-state index contributed by atoms with van der Waals surface area (Å²) >= 11 is 0. The normalized spacial score (nSPS) is 14.6. The Morgan fingerprint density at radius 1 is 0.500 bits per heavy atom. The molecule has 0 N–H and O–H groups in total. The lowest BCUT2D eigenvalue weighted by molar-refractivity contribution is -0.541. The van der Waals surface area contributed by atoms with E-state index < -0.39 is 17.0 Å². The molecular weight excluding hydrogens is 352 g/mol. The van der Waals surface area contributed by atoms with Gasteiger partial charge in [-0.2, -0.15) is 9.78 Å². The van der Waals surface area contributed by atoms with Gasteiger partial charge in [0.1, 0.15) is 0 Å². The van der Waals surface area contributed by atoms with E-state index in [-0.39, 0.29) is 10.8 Å². The second-order valence-electron chi connectivity index (χ2n) is 12.3. The summed E-state index contributed by atoms with van der Waals surface area (Å²) in [4.78, 5) is 23.6. The smallest absolute Gasteiger partial charge is 0.228 e. The molecule has 0 saturated carbocycles. The summed E-state index contributed by atoms with van der Waals surface area (Å²) in [6.45, 7) is 25.6. The van der Waals surface area contributed by atoms with E-state index >= 15 is 0 Å². The minimum absolute atomic E-state index is 0.149. The third-order valence-corrected chi connectivity index (χ3v) is 4.28. The van der Waals surface area contributed by atoms with Crippen molar-refractivity contribution >= 4 is 0 Å². The molecule has 0 aromatic carbocycles. The molecule has 0 atom stereocenters. The van der Waals surface area contributed by atoms with Crippen LogP contribution in [0.25, 0.3) is 0 Å². The predicted molar refractivity (Wildman–Crippen MR) is 118 cm³/mol. The molecule has 0 aliphatic rings. The summed E-state index contributed by atoms with van der Waals surface area (Å²) in [5.41, 5.74) is -0.521. The van der Waals surface area contributed by atoms with Crippen LogP contribution in [0.2, 0.25) is 0 Å². The first-order chi connectivity index (χ1) is 12.4. The van der Waals surface area contributed by atoms with E-state index in [0.29, 0.717) is 0 Å². The van der Waals surface area contributed by atoms with E-state index in [1.54, 1.807) is 0 Å². The number of rotatable bonds is 13. The van der Waals surface area contributed by atoms with Gasteiger partial charge in [0.2, 0.25) is 5.79 Å². The van der Waals surface area contributed by atoms with Gasteiger partial charge in [-0.15, -0.1) is 0 Å². The Balaban J connectivity index is 5.00. The standard InChI is InChI=1S/C24H50O4/c1-13-14-15-16-17-24(12,27-25-22(8,9)18-20(2,3)4)28-26-23(10,11)19-21(5,6)7/h13-19H2,1-12H3. The fraction of sp³-hybridized carbons (Fsp3) is 1.00. The average molecular weight is 403 g/mol. The minimum atomic E-state index is -0.932. The van der Waals surface area contributed by atoms with Crippen molar-refractivity contribution in [3.05, 3.63) is 0 Å². The van der Waals surface area contributed by atoms with Crippen LogP contribution in [-0.4, -0.2) is 17.0 Å². The Morgan fingerprint density at radius 3 is 1.21 bits per heavy atom. The van der Waals surface area contributed by atoms with Gasteiger partial charge in [-0.3, -0.25) is 0 Å². The third kappa shape index (κ3) is 14.8. The zero-order valence-electron chi connectivity index (χ0n) is 21.1. The molecule has 0 rings (SSSR count). The molecule has 0 fully saturated rings. The van der Waals surface area contributed by atoms with Crippen molar-refractivity contribution < 1.29 is 19.6 Å². The first kappa shape index (κ1) is 27.8. The summed E-state index contributed by atoms with van der Waals surface area (Å²) in [6.07, 6.45) is 7.05. The van der Waals surface area contributed by atoms with Crippen molar-refractivity contribution in [2.24, 2.45) is 10.8 Å². The first-order valence-electron chi connectivity index (χ1n) is 11.1. The highest BCUT2D eigenvalue weighted by Crippen LogP contribution is 2.34. The SMILES string of the molecule is CCCCCCC(C)(OOC(C)(C)CC(C)(C)C)OOC(C)(C)CC(C)(C)C. The maximum Gasteiger partial charge on any atom is 0.231 e. The van der Waals surface area contributed by atoms with Crippen molar-refractivity contribution in [1.29, 1.82) is 0 Å². The number of hydrogen-bond acceptors (Lipinski definition) is 4. The fourth-order valence-corrected chi connectivity index (χ4v) is 3.99. The molecule has 0 heterocycles. The van der Waals surface area contributed by atoms with Crippen LogP contribution in [0.5, 0.6) is 0 Å². The number of hydrogen-bond donors (Lipinski definition) is 0. The van der Waals surface area contributed by atoms with Crippen LogP contribution < -0.4 is 0 Å². The molecule has 0 aliphatic heterocycles. The first-order valence-corrected chi connectivity index (χ1v) is 11.1. The van der Waals surface area contributed by atoms with Crippen molar-refractivity contribution in [3.63, 3.8) is 0 Å². The van der Waals surface area contributed by atoms with Gasteiger partial charge in [0.05, 0.1) is 11.2 Å². The third-order valence-electron chi connectivity index (χ3n) is 4.28. The van der Waals surface area contributed by atoms with E-state index in [9.17, 15) is 0 Å². The summed E-state index contributed by atoms with van der Waals surface area (Å²) in [6, 6.07) is 0. The number of unbranched alkanes of at least 4 members (excludes halogenated alkanes) is 3. The molecule has 0 amide bonds. The highest BCUT2D eigenvalue weighted by molar-refractivity contribution is 4.77. The second kappa shape index (κ2) is 10.7. The summed E-state index contributed by atoms with van der Waals surface area (Å²) in [5, 5.41) is 0. The molecular formula is C24H50O4. The van der Waals surface area contributed by atoms with E-state index in [0.717, 1.165) is 32.1 Å². The van der Waals surface area contributed by atoms with Crippen molar-refractivity contribution in [2.45, 2.75) is 145 Å². The van der Waals surface area contributed by atoms with E-state index in [4.69, 9.17) is 19.6 Å². The van der Waals surface area contributed by atoms with Crippen LogP contribution in [0.4, 0.5) is 0 Å². The summed E-state index contributed by atoms with van der Waals surface area (Å²) in [5.74, 6) is -0.932. The van der Waals surface area contributed by atoms with Gasteiger partial charge in [0, 0.05) is 6.42 Å². The fourth-order valence-electron chi connectivity index (χ4n) is 3.99. The van der Waals surface area contributed by atoms with Crippen LogP contribution >= 0.6 is 0 Å². The molecule has 0 aliphatic carbocycles. The zero-order chi connectivity index (χ0) is 22.3. The maximum absolute atomic E-state index is 5.90. The second-order valence-corrected chi connectivity index (χ2v) is 12.3. The highest BCUT2D eigenvalue weighted by Gasteiger charge is 2.37. The van der Waals surface area contributed by atoms with Gasteiger partial charge in [-0.1, -0.05) is 67.7 Å². The van der Waals surface area contributed by atoms with Crippen LogP contribution in [0.3, 0.4) is 0 Å². The summed E-state index contributed by atoms with van der Waals surface area (Å²) in [7, 11) is 0. The molecule has 0 radical (unpaired) electrons. The quantitative estimate of drug-likeness (QED) is 0.135. The van der Waals surface area contributed by atoms with Crippen LogP contribution in [0, 0.1) is 10.8 Å². The van der Waals surface area contributed by atoms with Gasteiger partial charge >= 0.3 is 0 Å². The Hall–Kier alpha value is -0.160. The molecule has 0 unspecified atom stereocenters. The molecule has 0 bridgehead atoms. The Morgan fingerprint density at radius 2 is 0.893 bits per heavy atom. The van der Waals surface area contributed by atoms with E-state index in [2.05, 4.69) is 76.2 Å². The molecule has 28 heavy (non-hydrogen) atoms. The van der Waals surface area contributed by atoms with Crippen LogP contribution in [0.1, 0.15) is 128 Å². The molecule has 0 saturated heterocycles. The van der Waals surface area contributed by atoms with Gasteiger partial charge in [0.25, 0.3) is 0 Å². The van der Waals surface area contributed by atoms with Gasteiger partial charge < -0.3 is 0 Å². The maximum atomic E-state index is 5.90. The minimum Gasteiger partial charge on any atom is -0.228 e.